The summed E-state index contributed by atoms with van der Waals surface area (Å²) in [5.41, 5.74) is -0.159. The SMILES string of the molecule is CC(C)(C)CC(=O)Nc1ccc(Cl)c(C(=O)NC2(CC(=O)O)CCC2)c1. The summed E-state index contributed by atoms with van der Waals surface area (Å²) in [7, 11) is 0. The monoisotopic (exact) mass is 380 g/mol. The van der Waals surface area contributed by atoms with Crippen LogP contribution in [-0.2, 0) is 9.59 Å². The second kappa shape index (κ2) is 7.66. The van der Waals surface area contributed by atoms with Crippen LogP contribution >= 0.6 is 11.6 Å². The lowest BCUT2D eigenvalue weighted by molar-refractivity contribution is -0.139. The lowest BCUT2D eigenvalue weighted by atomic mass is 9.74. The van der Waals surface area contributed by atoms with Gasteiger partial charge in [-0.2, -0.15) is 0 Å². The van der Waals surface area contributed by atoms with Crippen LogP contribution in [0.2, 0.25) is 5.02 Å². The Morgan fingerprint density at radius 2 is 1.88 bits per heavy atom. The minimum absolute atomic E-state index is 0.113. The van der Waals surface area contributed by atoms with Gasteiger partial charge in [-0.25, -0.2) is 0 Å². The molecule has 1 aliphatic carbocycles. The molecular weight excluding hydrogens is 356 g/mol. The number of anilines is 1. The summed E-state index contributed by atoms with van der Waals surface area (Å²) in [6, 6.07) is 4.70. The van der Waals surface area contributed by atoms with Crippen molar-refractivity contribution in [2.45, 2.75) is 58.4 Å². The molecule has 0 unspecified atom stereocenters. The van der Waals surface area contributed by atoms with Crippen LogP contribution in [0.1, 0.15) is 63.2 Å². The Morgan fingerprint density at radius 3 is 2.38 bits per heavy atom. The smallest absolute Gasteiger partial charge is 0.305 e. The van der Waals surface area contributed by atoms with Crippen molar-refractivity contribution in [1.29, 1.82) is 0 Å². The molecule has 0 atom stereocenters. The Labute approximate surface area is 158 Å². The van der Waals surface area contributed by atoms with Gasteiger partial charge in [-0.05, 0) is 42.9 Å². The molecule has 0 aromatic heterocycles. The Bertz CT molecular complexity index is 721. The fourth-order valence-corrected chi connectivity index (χ4v) is 3.21. The molecule has 7 heteroatoms. The number of amides is 2. The minimum atomic E-state index is -0.945. The minimum Gasteiger partial charge on any atom is -0.481 e. The molecule has 1 aromatic rings. The highest BCUT2D eigenvalue weighted by atomic mass is 35.5. The molecule has 6 nitrogen and oxygen atoms in total. The number of carboxylic acids is 1. The molecule has 1 fully saturated rings. The van der Waals surface area contributed by atoms with Gasteiger partial charge in [0.05, 0.1) is 22.5 Å². The highest BCUT2D eigenvalue weighted by molar-refractivity contribution is 6.34. The van der Waals surface area contributed by atoms with E-state index < -0.39 is 17.4 Å². The van der Waals surface area contributed by atoms with Crippen molar-refractivity contribution in [3.05, 3.63) is 28.8 Å². The summed E-state index contributed by atoms with van der Waals surface area (Å²) in [5, 5.41) is 14.9. The van der Waals surface area contributed by atoms with Gasteiger partial charge >= 0.3 is 5.97 Å². The summed E-state index contributed by atoms with van der Waals surface area (Å²) in [6.45, 7) is 5.90. The molecule has 0 heterocycles. The zero-order valence-corrected chi connectivity index (χ0v) is 16.1. The molecule has 0 aliphatic heterocycles. The summed E-state index contributed by atoms with van der Waals surface area (Å²) in [4.78, 5) is 35.8. The van der Waals surface area contributed by atoms with E-state index in [4.69, 9.17) is 16.7 Å². The second-order valence-electron chi connectivity index (χ2n) is 8.14. The molecular formula is C19H25ClN2O4. The van der Waals surface area contributed by atoms with Crippen LogP contribution in [0.3, 0.4) is 0 Å². The van der Waals surface area contributed by atoms with Crippen LogP contribution in [0, 0.1) is 5.41 Å². The molecule has 1 saturated carbocycles. The van der Waals surface area contributed by atoms with Gasteiger partial charge in [0.2, 0.25) is 5.91 Å². The van der Waals surface area contributed by atoms with E-state index in [0.717, 1.165) is 6.42 Å². The van der Waals surface area contributed by atoms with Crippen molar-refractivity contribution >= 4 is 35.1 Å². The van der Waals surface area contributed by atoms with E-state index in [1.807, 2.05) is 20.8 Å². The Balaban J connectivity index is 2.12. The van der Waals surface area contributed by atoms with Crippen molar-refractivity contribution in [3.63, 3.8) is 0 Å². The number of nitrogens with one attached hydrogen (secondary N) is 2. The van der Waals surface area contributed by atoms with Crippen LogP contribution in [0.5, 0.6) is 0 Å². The zero-order valence-electron chi connectivity index (χ0n) is 15.3. The van der Waals surface area contributed by atoms with Gasteiger partial charge in [0.15, 0.2) is 0 Å². The number of carbonyl (C=O) groups is 3. The standard InChI is InChI=1S/C19H25ClN2O4/c1-18(2,3)10-15(23)21-12-5-6-14(20)13(9-12)17(26)22-19(7-4-8-19)11-16(24)25/h5-6,9H,4,7-8,10-11H2,1-3H3,(H,21,23)(H,22,26)(H,24,25). The van der Waals surface area contributed by atoms with Crippen LogP contribution in [-0.4, -0.2) is 28.4 Å². The molecule has 0 spiro atoms. The predicted molar refractivity (Wildman–Crippen MR) is 100 cm³/mol. The highest BCUT2D eigenvalue weighted by Gasteiger charge is 2.40. The van der Waals surface area contributed by atoms with Gasteiger partial charge in [-0.3, -0.25) is 14.4 Å². The maximum absolute atomic E-state index is 12.6. The molecule has 142 valence electrons. The van der Waals surface area contributed by atoms with Crippen LogP contribution in [0.15, 0.2) is 18.2 Å². The molecule has 0 saturated heterocycles. The van der Waals surface area contributed by atoms with Gasteiger partial charge in [0, 0.05) is 12.1 Å². The number of hydrogen-bond donors (Lipinski definition) is 3. The fourth-order valence-electron chi connectivity index (χ4n) is 3.01. The Kier molecular flexibility index (Phi) is 5.96. The normalized spacial score (nSPS) is 15.7. The molecule has 2 rings (SSSR count). The van der Waals surface area contributed by atoms with Gasteiger partial charge < -0.3 is 15.7 Å². The van der Waals surface area contributed by atoms with E-state index in [0.29, 0.717) is 24.9 Å². The number of rotatable bonds is 6. The number of hydrogen-bond acceptors (Lipinski definition) is 3. The number of benzene rings is 1. The van der Waals surface area contributed by atoms with E-state index in [1.54, 1.807) is 12.1 Å². The molecule has 26 heavy (non-hydrogen) atoms. The summed E-state index contributed by atoms with van der Waals surface area (Å²) in [5.74, 6) is -1.52. The van der Waals surface area contributed by atoms with Crippen LogP contribution in [0.25, 0.3) is 0 Å². The number of aliphatic carboxylic acids is 1. The average Bonchev–Trinajstić information content (AvgIpc) is 2.44. The molecule has 1 aliphatic rings. The molecule has 0 radical (unpaired) electrons. The summed E-state index contributed by atoms with van der Waals surface area (Å²) >= 11 is 6.14. The number of halogens is 1. The lowest BCUT2D eigenvalue weighted by Gasteiger charge is -2.41. The third-order valence-corrected chi connectivity index (χ3v) is 4.69. The first-order chi connectivity index (χ1) is 12.0. The van der Waals surface area contributed by atoms with Crippen molar-refractivity contribution in [2.24, 2.45) is 5.41 Å². The zero-order chi connectivity index (χ0) is 19.5. The van der Waals surface area contributed by atoms with Crippen molar-refractivity contribution < 1.29 is 19.5 Å². The maximum atomic E-state index is 12.6. The molecule has 1 aromatic carbocycles. The van der Waals surface area contributed by atoms with Crippen molar-refractivity contribution in [3.8, 4) is 0 Å². The first kappa shape index (κ1) is 20.2. The molecule has 3 N–H and O–H groups in total. The van der Waals surface area contributed by atoms with E-state index in [2.05, 4.69) is 10.6 Å². The fraction of sp³-hybridized carbons (Fsp3) is 0.526. The Morgan fingerprint density at radius 1 is 1.23 bits per heavy atom. The topological polar surface area (TPSA) is 95.5 Å². The second-order valence-corrected chi connectivity index (χ2v) is 8.55. The highest BCUT2D eigenvalue weighted by Crippen LogP contribution is 2.35. The average molecular weight is 381 g/mol. The van der Waals surface area contributed by atoms with Gasteiger partial charge in [0.1, 0.15) is 0 Å². The summed E-state index contributed by atoms with van der Waals surface area (Å²) in [6.07, 6.45) is 2.37. The van der Waals surface area contributed by atoms with Crippen molar-refractivity contribution in [1.82, 2.24) is 5.32 Å². The molecule has 2 amide bonds. The maximum Gasteiger partial charge on any atom is 0.305 e. The van der Waals surface area contributed by atoms with Crippen molar-refractivity contribution in [2.75, 3.05) is 5.32 Å². The van der Waals surface area contributed by atoms with Gasteiger partial charge in [-0.15, -0.1) is 0 Å². The third kappa shape index (κ3) is 5.46. The summed E-state index contributed by atoms with van der Waals surface area (Å²) < 4.78 is 0. The first-order valence-corrected chi connectivity index (χ1v) is 9.01. The number of carbonyl (C=O) groups excluding carboxylic acids is 2. The van der Waals surface area contributed by atoms with E-state index in [9.17, 15) is 14.4 Å². The number of carboxylic acid groups (broad SMARTS) is 1. The van der Waals surface area contributed by atoms with E-state index in [1.165, 1.54) is 6.07 Å². The molecule has 0 bridgehead atoms. The van der Waals surface area contributed by atoms with Crippen LogP contribution in [0.4, 0.5) is 5.69 Å². The first-order valence-electron chi connectivity index (χ1n) is 8.63. The lowest BCUT2D eigenvalue weighted by Crippen LogP contribution is -2.54. The van der Waals surface area contributed by atoms with E-state index >= 15 is 0 Å². The third-order valence-electron chi connectivity index (χ3n) is 4.36. The van der Waals surface area contributed by atoms with Crippen LogP contribution < -0.4 is 10.6 Å². The van der Waals surface area contributed by atoms with Gasteiger partial charge in [0.25, 0.3) is 5.91 Å². The Hall–Kier alpha value is -2.08. The predicted octanol–water partition coefficient (Wildman–Crippen LogP) is 3.84. The quantitative estimate of drug-likeness (QED) is 0.698. The largest absolute Gasteiger partial charge is 0.481 e. The van der Waals surface area contributed by atoms with Gasteiger partial charge in [-0.1, -0.05) is 32.4 Å². The van der Waals surface area contributed by atoms with E-state index in [-0.39, 0.29) is 28.3 Å².